The van der Waals surface area contributed by atoms with Gasteiger partial charge in [0, 0.05) is 5.56 Å². The van der Waals surface area contributed by atoms with Crippen molar-refractivity contribution < 1.29 is 9.53 Å². The molecule has 0 amide bonds. The second-order valence-electron chi connectivity index (χ2n) is 6.53. The van der Waals surface area contributed by atoms with E-state index < -0.39 is 0 Å². The molecule has 0 spiro atoms. The zero-order chi connectivity index (χ0) is 18.6. The highest BCUT2D eigenvalue weighted by atomic mass is 32.2. The molecular weight excluding hydrogens is 350 g/mol. The third-order valence-corrected chi connectivity index (χ3v) is 6.04. The Hall–Kier alpha value is -1.77. The molecule has 25 heavy (non-hydrogen) atoms. The van der Waals surface area contributed by atoms with Crippen LogP contribution in [0, 0.1) is 6.57 Å². The molecule has 0 N–H and O–H groups in total. The van der Waals surface area contributed by atoms with Crippen molar-refractivity contribution in [3.8, 4) is 11.1 Å². The Bertz CT molecular complexity index is 793. The van der Waals surface area contributed by atoms with Gasteiger partial charge in [-0.1, -0.05) is 52.0 Å². The van der Waals surface area contributed by atoms with Crippen LogP contribution in [0.1, 0.15) is 49.9 Å². The molecule has 0 radical (unpaired) electrons. The number of thioether (sulfide) groups is 1. The van der Waals surface area contributed by atoms with Gasteiger partial charge in [0.2, 0.25) is 5.69 Å². The Balaban J connectivity index is 2.61. The molecule has 0 saturated heterocycles. The molecule has 0 atom stereocenters. The number of nitrogens with zero attached hydrogens (tertiary/aromatic N) is 1. The van der Waals surface area contributed by atoms with Gasteiger partial charge in [0.05, 0.1) is 17.4 Å². The van der Waals surface area contributed by atoms with Gasteiger partial charge in [-0.15, -0.1) is 23.1 Å². The number of benzene rings is 1. The van der Waals surface area contributed by atoms with Gasteiger partial charge in [-0.25, -0.2) is 9.64 Å². The van der Waals surface area contributed by atoms with Gasteiger partial charge in [0.1, 0.15) is 4.88 Å². The lowest BCUT2D eigenvalue weighted by molar-refractivity contribution is 0.0533. The standard InChI is InChI=1S/C20H23NO2S2/c1-7-23-18(22)17-15(16(21-6)19(25-17)24-8-2)13-9-11-14(12-10-13)20(3,4)5/h9-12H,7-8H2,1-5H3. The van der Waals surface area contributed by atoms with Gasteiger partial charge >= 0.3 is 5.97 Å². The summed E-state index contributed by atoms with van der Waals surface area (Å²) in [5, 5.41) is 0. The Morgan fingerprint density at radius 1 is 1.24 bits per heavy atom. The minimum Gasteiger partial charge on any atom is -0.462 e. The molecule has 1 aromatic heterocycles. The zero-order valence-electron chi connectivity index (χ0n) is 15.3. The maximum absolute atomic E-state index is 12.4. The molecule has 3 nitrogen and oxygen atoms in total. The third-order valence-electron chi connectivity index (χ3n) is 3.74. The fraction of sp³-hybridized carbons (Fsp3) is 0.400. The van der Waals surface area contributed by atoms with E-state index in [9.17, 15) is 4.79 Å². The number of hydrogen-bond acceptors (Lipinski definition) is 4. The fourth-order valence-corrected chi connectivity index (χ4v) is 4.75. The first kappa shape index (κ1) is 19.6. The average Bonchev–Trinajstić information content (AvgIpc) is 2.93. The van der Waals surface area contributed by atoms with E-state index in [1.807, 2.05) is 19.1 Å². The van der Waals surface area contributed by atoms with Crippen LogP contribution in [-0.4, -0.2) is 18.3 Å². The highest BCUT2D eigenvalue weighted by molar-refractivity contribution is 8.01. The average molecular weight is 374 g/mol. The van der Waals surface area contributed by atoms with E-state index in [-0.39, 0.29) is 11.4 Å². The normalized spacial score (nSPS) is 11.2. The molecule has 5 heteroatoms. The molecule has 132 valence electrons. The number of rotatable bonds is 5. The van der Waals surface area contributed by atoms with Crippen molar-refractivity contribution in [3.05, 3.63) is 46.1 Å². The Labute approximate surface area is 158 Å². The predicted molar refractivity (Wildman–Crippen MR) is 107 cm³/mol. The molecule has 2 aromatic rings. The number of ether oxygens (including phenoxy) is 1. The first-order valence-electron chi connectivity index (χ1n) is 8.28. The number of thiophene rings is 1. The Morgan fingerprint density at radius 2 is 1.88 bits per heavy atom. The molecule has 1 heterocycles. The molecule has 0 aliphatic heterocycles. The topological polar surface area (TPSA) is 30.7 Å². The van der Waals surface area contributed by atoms with E-state index in [0.717, 1.165) is 15.5 Å². The number of carbonyl (C=O) groups is 1. The SMILES string of the molecule is [C-]#[N+]c1c(SCC)sc(C(=O)OCC)c1-c1ccc(C(C)(C)C)cc1. The first-order chi connectivity index (χ1) is 11.8. The van der Waals surface area contributed by atoms with Crippen LogP contribution in [0.3, 0.4) is 0 Å². The second-order valence-corrected chi connectivity index (χ2v) is 9.09. The van der Waals surface area contributed by atoms with Crippen LogP contribution in [0.4, 0.5) is 5.69 Å². The lowest BCUT2D eigenvalue weighted by Gasteiger charge is -2.19. The lowest BCUT2D eigenvalue weighted by Crippen LogP contribution is -2.10. The quantitative estimate of drug-likeness (QED) is 0.338. The van der Waals surface area contributed by atoms with Crippen LogP contribution in [0.25, 0.3) is 16.0 Å². The van der Waals surface area contributed by atoms with Crippen molar-refractivity contribution >= 4 is 34.8 Å². The first-order valence-corrected chi connectivity index (χ1v) is 10.1. The molecule has 0 bridgehead atoms. The highest BCUT2D eigenvalue weighted by Gasteiger charge is 2.25. The maximum atomic E-state index is 12.4. The zero-order valence-corrected chi connectivity index (χ0v) is 16.9. The molecule has 0 unspecified atom stereocenters. The van der Waals surface area contributed by atoms with E-state index in [2.05, 4.69) is 37.7 Å². The second kappa shape index (κ2) is 8.07. The van der Waals surface area contributed by atoms with Crippen LogP contribution in [0.2, 0.25) is 0 Å². The van der Waals surface area contributed by atoms with Crippen molar-refractivity contribution in [2.75, 3.05) is 12.4 Å². The number of carbonyl (C=O) groups excluding carboxylic acids is 1. The lowest BCUT2D eigenvalue weighted by atomic mass is 9.86. The largest absolute Gasteiger partial charge is 0.462 e. The third kappa shape index (κ3) is 4.26. The highest BCUT2D eigenvalue weighted by Crippen LogP contribution is 2.48. The molecule has 1 aromatic carbocycles. The minimum atomic E-state index is -0.352. The van der Waals surface area contributed by atoms with Gasteiger partial charge in [-0.2, -0.15) is 0 Å². The summed E-state index contributed by atoms with van der Waals surface area (Å²) in [5.41, 5.74) is 3.43. The molecule has 0 saturated carbocycles. The van der Waals surface area contributed by atoms with Crippen LogP contribution in [-0.2, 0) is 10.2 Å². The van der Waals surface area contributed by atoms with Gasteiger partial charge in [-0.05, 0) is 29.2 Å². The van der Waals surface area contributed by atoms with Crippen molar-refractivity contribution in [2.45, 2.75) is 44.2 Å². The summed E-state index contributed by atoms with van der Waals surface area (Å²) in [7, 11) is 0. The van der Waals surface area contributed by atoms with Crippen molar-refractivity contribution in [1.82, 2.24) is 0 Å². The van der Waals surface area contributed by atoms with Crippen molar-refractivity contribution in [1.29, 1.82) is 0 Å². The summed E-state index contributed by atoms with van der Waals surface area (Å²) in [6.07, 6.45) is 0. The predicted octanol–water partition coefficient (Wildman–Crippen LogP) is 6.55. The Kier molecular flexibility index (Phi) is 6.31. The molecule has 2 rings (SSSR count). The van der Waals surface area contributed by atoms with Crippen LogP contribution >= 0.6 is 23.1 Å². The van der Waals surface area contributed by atoms with Gasteiger partial charge in [-0.3, -0.25) is 0 Å². The molecule has 0 aliphatic rings. The fourth-order valence-electron chi connectivity index (χ4n) is 2.48. The summed E-state index contributed by atoms with van der Waals surface area (Å²) in [4.78, 5) is 16.7. The van der Waals surface area contributed by atoms with E-state index in [1.54, 1.807) is 18.7 Å². The van der Waals surface area contributed by atoms with E-state index in [0.29, 0.717) is 22.7 Å². The molecular formula is C20H23NO2S2. The summed E-state index contributed by atoms with van der Waals surface area (Å²) in [5.74, 6) is 0.503. The maximum Gasteiger partial charge on any atom is 0.347 e. The van der Waals surface area contributed by atoms with E-state index >= 15 is 0 Å². The Morgan fingerprint density at radius 3 is 2.36 bits per heavy atom. The number of hydrogen-bond donors (Lipinski definition) is 0. The van der Waals surface area contributed by atoms with Gasteiger partial charge < -0.3 is 4.74 Å². The van der Waals surface area contributed by atoms with Crippen LogP contribution < -0.4 is 0 Å². The van der Waals surface area contributed by atoms with Crippen molar-refractivity contribution in [3.63, 3.8) is 0 Å². The summed E-state index contributed by atoms with van der Waals surface area (Å²) in [6, 6.07) is 8.14. The van der Waals surface area contributed by atoms with E-state index in [1.165, 1.54) is 16.9 Å². The summed E-state index contributed by atoms with van der Waals surface area (Å²) >= 11 is 2.96. The minimum absolute atomic E-state index is 0.0585. The van der Waals surface area contributed by atoms with Crippen molar-refractivity contribution in [2.24, 2.45) is 0 Å². The smallest absolute Gasteiger partial charge is 0.347 e. The molecule has 0 aliphatic carbocycles. The summed E-state index contributed by atoms with van der Waals surface area (Å²) < 4.78 is 6.10. The number of esters is 1. The van der Waals surface area contributed by atoms with Gasteiger partial charge in [0.25, 0.3) is 0 Å². The van der Waals surface area contributed by atoms with E-state index in [4.69, 9.17) is 11.3 Å². The van der Waals surface area contributed by atoms with Gasteiger partial charge in [0.15, 0.2) is 0 Å². The summed E-state index contributed by atoms with van der Waals surface area (Å²) in [6.45, 7) is 18.3. The monoisotopic (exact) mass is 373 g/mol. The van der Waals surface area contributed by atoms with Crippen LogP contribution in [0.5, 0.6) is 0 Å². The molecule has 0 fully saturated rings. The van der Waals surface area contributed by atoms with Crippen LogP contribution in [0.15, 0.2) is 28.5 Å².